The minimum Gasteiger partial charge on any atom is -0.338 e. The molecule has 0 aliphatic carbocycles. The molecule has 0 bridgehead atoms. The molecule has 3 aromatic heterocycles. The molecule has 1 aromatic carbocycles. The zero-order valence-corrected chi connectivity index (χ0v) is 17.6. The number of fused-ring (bicyclic) bond motifs is 1. The molecule has 1 aliphatic rings. The van der Waals surface area contributed by atoms with E-state index in [1.807, 2.05) is 0 Å². The maximum absolute atomic E-state index is 13.9. The number of H-pyrrole nitrogens is 1. The van der Waals surface area contributed by atoms with Crippen molar-refractivity contribution in [2.24, 2.45) is 0 Å². The van der Waals surface area contributed by atoms with Crippen molar-refractivity contribution in [3.05, 3.63) is 69.3 Å². The molecule has 1 fully saturated rings. The molecule has 0 spiro atoms. The fourth-order valence-corrected chi connectivity index (χ4v) is 4.01. The highest BCUT2D eigenvalue weighted by molar-refractivity contribution is 5.94. The van der Waals surface area contributed by atoms with Crippen LogP contribution in [0, 0.1) is 19.7 Å². The molecule has 4 aromatic rings. The Morgan fingerprint density at radius 1 is 1.28 bits per heavy atom. The lowest BCUT2D eigenvalue weighted by Crippen LogP contribution is -2.39. The Kier molecular flexibility index (Phi) is 4.84. The third kappa shape index (κ3) is 3.57. The number of hydrogen-bond acceptors (Lipinski definition) is 6. The van der Waals surface area contributed by atoms with Gasteiger partial charge in [-0.3, -0.25) is 9.59 Å². The van der Waals surface area contributed by atoms with Crippen molar-refractivity contribution in [2.45, 2.75) is 32.6 Å². The van der Waals surface area contributed by atoms with Gasteiger partial charge in [-0.1, -0.05) is 11.2 Å². The van der Waals surface area contributed by atoms with Gasteiger partial charge in [0, 0.05) is 42.5 Å². The maximum atomic E-state index is 13.9. The summed E-state index contributed by atoms with van der Waals surface area (Å²) >= 11 is 0. The first-order valence-corrected chi connectivity index (χ1v) is 10.4. The Hall–Kier alpha value is -3.82. The average molecular weight is 436 g/mol. The number of nitrogens with zero attached hydrogens (tertiary/aromatic N) is 5. The van der Waals surface area contributed by atoms with Crippen LogP contribution in [0.5, 0.6) is 0 Å². The topological polar surface area (TPSA) is 109 Å². The number of aromatic amines is 1. The Labute approximate surface area is 181 Å². The van der Waals surface area contributed by atoms with Gasteiger partial charge < -0.3 is 14.4 Å². The molecule has 1 N–H and O–H groups in total. The highest BCUT2D eigenvalue weighted by Gasteiger charge is 2.29. The number of halogens is 1. The molecule has 0 unspecified atom stereocenters. The molecule has 5 rings (SSSR count). The van der Waals surface area contributed by atoms with Crippen molar-refractivity contribution < 1.29 is 13.7 Å². The number of amides is 1. The number of aromatic nitrogens is 5. The first-order valence-electron chi connectivity index (χ1n) is 10.4. The quantitative estimate of drug-likeness (QED) is 0.529. The van der Waals surface area contributed by atoms with Crippen molar-refractivity contribution in [3.8, 4) is 11.6 Å². The number of benzene rings is 1. The highest BCUT2D eigenvalue weighted by atomic mass is 19.1. The van der Waals surface area contributed by atoms with Gasteiger partial charge in [0.15, 0.2) is 11.5 Å². The molecule has 1 atom stereocenters. The van der Waals surface area contributed by atoms with Gasteiger partial charge in [-0.2, -0.15) is 10.1 Å². The molecular weight excluding hydrogens is 415 g/mol. The second-order valence-electron chi connectivity index (χ2n) is 8.14. The minimum absolute atomic E-state index is 0.108. The van der Waals surface area contributed by atoms with E-state index in [4.69, 9.17) is 4.52 Å². The highest BCUT2D eigenvalue weighted by Crippen LogP contribution is 2.28. The number of hydrogen-bond donors (Lipinski definition) is 1. The fraction of sp³-hybridized carbons (Fsp3) is 0.318. The molecule has 0 saturated carbocycles. The van der Waals surface area contributed by atoms with Gasteiger partial charge in [-0.25, -0.2) is 8.91 Å². The van der Waals surface area contributed by atoms with Crippen LogP contribution in [0.2, 0.25) is 0 Å². The molecular formula is C22H21FN6O3. The molecule has 32 heavy (non-hydrogen) atoms. The summed E-state index contributed by atoms with van der Waals surface area (Å²) in [4.78, 5) is 33.9. The molecule has 1 amide bonds. The lowest BCUT2D eigenvalue weighted by Gasteiger charge is -2.31. The normalized spacial score (nSPS) is 16.6. The minimum atomic E-state index is -0.395. The zero-order valence-electron chi connectivity index (χ0n) is 17.6. The van der Waals surface area contributed by atoms with E-state index in [9.17, 15) is 14.0 Å². The standard InChI is InChI=1S/C22H21FN6O3/c1-12-5-6-14(8-16(12)23)22(31)28-7-3-4-15(11-28)19-25-21(32-27-19)17-9-18-20(30)24-13(2)10-29(18)26-17/h5-6,8-10,15H,3-4,7,11H2,1-2H3,(H,24,30)/t15-/m0/s1. The van der Waals surface area contributed by atoms with Crippen LogP contribution >= 0.6 is 0 Å². The predicted molar refractivity (Wildman–Crippen MR) is 113 cm³/mol. The second-order valence-corrected chi connectivity index (χ2v) is 8.14. The summed E-state index contributed by atoms with van der Waals surface area (Å²) in [7, 11) is 0. The van der Waals surface area contributed by atoms with Crippen LogP contribution in [0.4, 0.5) is 4.39 Å². The lowest BCUT2D eigenvalue weighted by molar-refractivity contribution is 0.0703. The monoisotopic (exact) mass is 436 g/mol. The lowest BCUT2D eigenvalue weighted by atomic mass is 9.96. The van der Waals surface area contributed by atoms with E-state index in [-0.39, 0.29) is 23.3 Å². The van der Waals surface area contributed by atoms with Crippen LogP contribution in [0.15, 0.2) is 39.8 Å². The van der Waals surface area contributed by atoms with Crippen molar-refractivity contribution in [1.82, 2.24) is 29.6 Å². The summed E-state index contributed by atoms with van der Waals surface area (Å²) in [5, 5.41) is 8.46. The van der Waals surface area contributed by atoms with E-state index in [0.29, 0.717) is 46.9 Å². The smallest absolute Gasteiger partial charge is 0.278 e. The number of carbonyl (C=O) groups excluding carboxylic acids is 1. The Morgan fingerprint density at radius 2 is 2.12 bits per heavy atom. The van der Waals surface area contributed by atoms with Gasteiger partial charge in [-0.15, -0.1) is 0 Å². The van der Waals surface area contributed by atoms with E-state index >= 15 is 0 Å². The molecule has 4 heterocycles. The summed E-state index contributed by atoms with van der Waals surface area (Å²) in [5.74, 6) is -0.0244. The molecule has 9 nitrogen and oxygen atoms in total. The Morgan fingerprint density at radius 3 is 2.94 bits per heavy atom. The van der Waals surface area contributed by atoms with Gasteiger partial charge in [0.2, 0.25) is 0 Å². The molecule has 1 saturated heterocycles. The first kappa shape index (κ1) is 20.1. The van der Waals surface area contributed by atoms with Crippen molar-refractivity contribution in [3.63, 3.8) is 0 Å². The van der Waals surface area contributed by atoms with Gasteiger partial charge in [0.25, 0.3) is 17.4 Å². The number of carbonyl (C=O) groups is 1. The fourth-order valence-electron chi connectivity index (χ4n) is 4.01. The SMILES string of the molecule is Cc1cn2nc(-c3nc([C@H]4CCCN(C(=O)c5ccc(C)c(F)c5)C4)no3)cc2c(=O)[nH]1. The summed E-state index contributed by atoms with van der Waals surface area (Å²) in [6, 6.07) is 6.12. The maximum Gasteiger partial charge on any atom is 0.278 e. The van der Waals surface area contributed by atoms with Crippen molar-refractivity contribution in [1.29, 1.82) is 0 Å². The zero-order chi connectivity index (χ0) is 22.4. The molecule has 1 aliphatic heterocycles. The van der Waals surface area contributed by atoms with Gasteiger partial charge in [-0.05, 0) is 44.4 Å². The van der Waals surface area contributed by atoms with Crippen molar-refractivity contribution in [2.75, 3.05) is 13.1 Å². The van der Waals surface area contributed by atoms with Crippen LogP contribution < -0.4 is 5.56 Å². The third-order valence-corrected chi connectivity index (χ3v) is 5.75. The summed E-state index contributed by atoms with van der Waals surface area (Å²) in [6.07, 6.45) is 3.28. The summed E-state index contributed by atoms with van der Waals surface area (Å²) in [5.41, 5.74) is 2.04. The van der Waals surface area contributed by atoms with Crippen LogP contribution in [-0.2, 0) is 0 Å². The van der Waals surface area contributed by atoms with Crippen LogP contribution in [-0.4, -0.2) is 48.6 Å². The molecule has 164 valence electrons. The second kappa shape index (κ2) is 7.70. The molecule has 10 heteroatoms. The van der Waals surface area contributed by atoms with E-state index in [1.54, 1.807) is 43.1 Å². The third-order valence-electron chi connectivity index (χ3n) is 5.75. The van der Waals surface area contributed by atoms with Crippen LogP contribution in [0.1, 0.15) is 46.2 Å². The van der Waals surface area contributed by atoms with Gasteiger partial charge in [0.1, 0.15) is 11.3 Å². The Balaban J connectivity index is 1.37. The average Bonchev–Trinajstić information content (AvgIpc) is 3.43. The number of likely N-dealkylation sites (tertiary alicyclic amines) is 1. The first-order chi connectivity index (χ1) is 15.4. The molecule has 0 radical (unpaired) electrons. The largest absolute Gasteiger partial charge is 0.338 e. The van der Waals surface area contributed by atoms with Gasteiger partial charge >= 0.3 is 0 Å². The number of rotatable bonds is 3. The number of piperidine rings is 1. The summed E-state index contributed by atoms with van der Waals surface area (Å²) in [6.45, 7) is 4.43. The van der Waals surface area contributed by atoms with Crippen LogP contribution in [0.25, 0.3) is 17.1 Å². The van der Waals surface area contributed by atoms with E-state index < -0.39 is 5.82 Å². The summed E-state index contributed by atoms with van der Waals surface area (Å²) < 4.78 is 20.8. The van der Waals surface area contributed by atoms with Crippen LogP contribution in [0.3, 0.4) is 0 Å². The number of aryl methyl sites for hydroxylation is 2. The van der Waals surface area contributed by atoms with E-state index in [1.165, 1.54) is 10.6 Å². The number of nitrogens with one attached hydrogen (secondary N) is 1. The predicted octanol–water partition coefficient (Wildman–Crippen LogP) is 2.85. The van der Waals surface area contributed by atoms with E-state index in [0.717, 1.165) is 12.8 Å². The van der Waals surface area contributed by atoms with Crippen molar-refractivity contribution >= 4 is 11.4 Å². The Bertz CT molecular complexity index is 1390. The van der Waals surface area contributed by atoms with E-state index in [2.05, 4.69) is 20.2 Å². The van der Waals surface area contributed by atoms with Gasteiger partial charge in [0.05, 0.1) is 0 Å².